The average Bonchev–Trinajstić information content (AvgIpc) is 2.48. The molecule has 0 amide bonds. The summed E-state index contributed by atoms with van der Waals surface area (Å²) in [4.78, 5) is 0. The van der Waals surface area contributed by atoms with Crippen LogP contribution in [0.5, 0.6) is 0 Å². The Morgan fingerprint density at radius 2 is 2.25 bits per heavy atom. The Balaban J connectivity index is 2.68. The van der Waals surface area contributed by atoms with Crippen molar-refractivity contribution in [3.63, 3.8) is 0 Å². The van der Waals surface area contributed by atoms with Gasteiger partial charge in [0.1, 0.15) is 6.10 Å². The van der Waals surface area contributed by atoms with Gasteiger partial charge < -0.3 is 19.3 Å². The van der Waals surface area contributed by atoms with Crippen molar-refractivity contribution in [2.24, 2.45) is 0 Å². The molecule has 0 bridgehead atoms. The van der Waals surface area contributed by atoms with Crippen molar-refractivity contribution in [2.75, 3.05) is 14.2 Å². The molecule has 0 aromatic heterocycles. The molecule has 1 aliphatic heterocycles. The van der Waals surface area contributed by atoms with E-state index < -0.39 is 18.2 Å². The Kier molecular flexibility index (Phi) is 2.85. The van der Waals surface area contributed by atoms with Gasteiger partial charge in [-0.2, -0.15) is 0 Å². The Morgan fingerprint density at radius 1 is 1.58 bits per heavy atom. The molecule has 12 heavy (non-hydrogen) atoms. The third kappa shape index (κ3) is 1.51. The third-order valence-corrected chi connectivity index (χ3v) is 1.92. The van der Waals surface area contributed by atoms with Crippen LogP contribution >= 0.6 is 0 Å². The standard InChI is InChI=1S/C8H14O4/c1-6(9)8(11-3)5-4-7(10-2)12-8/h4-7,9H,1-3H3/t6-,7-,8-/m0/s1. The number of methoxy groups -OCH3 is 2. The average molecular weight is 174 g/mol. The van der Waals surface area contributed by atoms with Gasteiger partial charge in [-0.3, -0.25) is 0 Å². The summed E-state index contributed by atoms with van der Waals surface area (Å²) in [7, 11) is 3.01. The second-order valence-corrected chi connectivity index (χ2v) is 2.68. The highest BCUT2D eigenvalue weighted by molar-refractivity contribution is 5.07. The van der Waals surface area contributed by atoms with Crippen LogP contribution in [0.25, 0.3) is 0 Å². The molecule has 1 rings (SSSR count). The van der Waals surface area contributed by atoms with E-state index in [-0.39, 0.29) is 0 Å². The molecule has 3 atom stereocenters. The van der Waals surface area contributed by atoms with Crippen molar-refractivity contribution in [3.05, 3.63) is 12.2 Å². The molecule has 0 aliphatic carbocycles. The van der Waals surface area contributed by atoms with Crippen molar-refractivity contribution >= 4 is 0 Å². The zero-order valence-electron chi connectivity index (χ0n) is 7.48. The summed E-state index contributed by atoms with van der Waals surface area (Å²) in [6, 6.07) is 0. The van der Waals surface area contributed by atoms with Gasteiger partial charge in [0.2, 0.25) is 5.79 Å². The van der Waals surface area contributed by atoms with Crippen molar-refractivity contribution in [2.45, 2.75) is 25.1 Å². The Morgan fingerprint density at radius 3 is 2.50 bits per heavy atom. The summed E-state index contributed by atoms with van der Waals surface area (Å²) in [5.74, 6) is -1.04. The van der Waals surface area contributed by atoms with Gasteiger partial charge in [-0.25, -0.2) is 0 Å². The number of rotatable bonds is 3. The SMILES string of the molecule is CO[C@@H]1C=C[C@@](OC)([C@H](C)O)O1. The molecule has 0 aromatic carbocycles. The first-order chi connectivity index (χ1) is 5.64. The molecule has 4 nitrogen and oxygen atoms in total. The Labute approximate surface area is 71.7 Å². The normalized spacial score (nSPS) is 37.2. The van der Waals surface area contributed by atoms with Gasteiger partial charge in [0.05, 0.1) is 0 Å². The first-order valence-electron chi connectivity index (χ1n) is 3.78. The van der Waals surface area contributed by atoms with E-state index in [4.69, 9.17) is 14.2 Å². The highest BCUT2D eigenvalue weighted by Gasteiger charge is 2.40. The maximum atomic E-state index is 9.36. The van der Waals surface area contributed by atoms with Crippen molar-refractivity contribution in [3.8, 4) is 0 Å². The van der Waals surface area contributed by atoms with E-state index in [1.807, 2.05) is 0 Å². The lowest BCUT2D eigenvalue weighted by Crippen LogP contribution is -2.42. The van der Waals surface area contributed by atoms with Crippen molar-refractivity contribution in [1.82, 2.24) is 0 Å². The van der Waals surface area contributed by atoms with Gasteiger partial charge in [-0.15, -0.1) is 0 Å². The minimum Gasteiger partial charge on any atom is -0.387 e. The molecule has 70 valence electrons. The summed E-state index contributed by atoms with van der Waals surface area (Å²) in [6.45, 7) is 1.60. The van der Waals surface area contributed by atoms with Crippen LogP contribution in [0.4, 0.5) is 0 Å². The van der Waals surface area contributed by atoms with E-state index >= 15 is 0 Å². The highest BCUT2D eigenvalue weighted by atomic mass is 16.8. The van der Waals surface area contributed by atoms with Crippen molar-refractivity contribution in [1.29, 1.82) is 0 Å². The van der Waals surface area contributed by atoms with E-state index in [1.54, 1.807) is 19.1 Å². The maximum absolute atomic E-state index is 9.36. The summed E-state index contributed by atoms with van der Waals surface area (Å²) < 4.78 is 15.3. The van der Waals surface area contributed by atoms with E-state index in [0.29, 0.717) is 0 Å². The first kappa shape index (κ1) is 9.67. The molecular weight excluding hydrogens is 160 g/mol. The number of hydrogen-bond acceptors (Lipinski definition) is 4. The fourth-order valence-electron chi connectivity index (χ4n) is 1.12. The predicted octanol–water partition coefficient (Wildman–Crippen LogP) is 0.269. The molecular formula is C8H14O4. The zero-order valence-corrected chi connectivity index (χ0v) is 7.48. The van der Waals surface area contributed by atoms with Crippen LogP contribution in [0.15, 0.2) is 12.2 Å². The second-order valence-electron chi connectivity index (χ2n) is 2.68. The van der Waals surface area contributed by atoms with E-state index in [9.17, 15) is 5.11 Å². The van der Waals surface area contributed by atoms with Gasteiger partial charge >= 0.3 is 0 Å². The number of hydrogen-bond donors (Lipinski definition) is 1. The van der Waals surface area contributed by atoms with Gasteiger partial charge in [-0.1, -0.05) is 0 Å². The summed E-state index contributed by atoms with van der Waals surface area (Å²) in [5.41, 5.74) is 0. The molecule has 0 fully saturated rings. The van der Waals surface area contributed by atoms with E-state index in [2.05, 4.69) is 0 Å². The monoisotopic (exact) mass is 174 g/mol. The van der Waals surface area contributed by atoms with Crippen LogP contribution in [0.1, 0.15) is 6.92 Å². The van der Waals surface area contributed by atoms with Crippen LogP contribution in [-0.4, -0.2) is 37.5 Å². The van der Waals surface area contributed by atoms with Crippen LogP contribution in [-0.2, 0) is 14.2 Å². The van der Waals surface area contributed by atoms with Gasteiger partial charge in [-0.05, 0) is 19.1 Å². The second kappa shape index (κ2) is 3.53. The highest BCUT2D eigenvalue weighted by Crippen LogP contribution is 2.27. The number of aliphatic hydroxyl groups excluding tert-OH is 1. The minimum absolute atomic E-state index is 0.431. The number of ether oxygens (including phenoxy) is 3. The minimum atomic E-state index is -1.04. The van der Waals surface area contributed by atoms with Crippen LogP contribution in [0.3, 0.4) is 0 Å². The Bertz CT molecular complexity index is 178. The molecule has 4 heteroatoms. The smallest absolute Gasteiger partial charge is 0.217 e. The fourth-order valence-corrected chi connectivity index (χ4v) is 1.12. The van der Waals surface area contributed by atoms with Crippen LogP contribution < -0.4 is 0 Å². The molecule has 0 aromatic rings. The van der Waals surface area contributed by atoms with Crippen LogP contribution in [0, 0.1) is 0 Å². The van der Waals surface area contributed by atoms with E-state index in [1.165, 1.54) is 14.2 Å². The lowest BCUT2D eigenvalue weighted by molar-refractivity contribution is -0.275. The van der Waals surface area contributed by atoms with Crippen molar-refractivity contribution < 1.29 is 19.3 Å². The molecule has 0 unspecified atom stereocenters. The molecule has 0 saturated heterocycles. The Hall–Kier alpha value is -0.420. The quantitative estimate of drug-likeness (QED) is 0.624. The van der Waals surface area contributed by atoms with Gasteiger partial charge in [0.15, 0.2) is 6.29 Å². The molecule has 0 radical (unpaired) electrons. The van der Waals surface area contributed by atoms with Crippen LogP contribution in [0.2, 0.25) is 0 Å². The van der Waals surface area contributed by atoms with Gasteiger partial charge in [0.25, 0.3) is 0 Å². The molecule has 0 saturated carbocycles. The molecule has 1 heterocycles. The third-order valence-electron chi connectivity index (χ3n) is 1.92. The summed E-state index contributed by atoms with van der Waals surface area (Å²) in [6.07, 6.45) is 2.21. The molecule has 0 spiro atoms. The topological polar surface area (TPSA) is 47.9 Å². The van der Waals surface area contributed by atoms with Gasteiger partial charge in [0, 0.05) is 14.2 Å². The molecule has 1 aliphatic rings. The predicted molar refractivity (Wildman–Crippen MR) is 42.4 cm³/mol. The maximum Gasteiger partial charge on any atom is 0.217 e. The number of aliphatic hydroxyl groups is 1. The van der Waals surface area contributed by atoms with E-state index in [0.717, 1.165) is 0 Å². The summed E-state index contributed by atoms with van der Waals surface area (Å²) in [5, 5.41) is 9.36. The fraction of sp³-hybridized carbons (Fsp3) is 0.750. The molecule has 1 N–H and O–H groups in total. The lowest BCUT2D eigenvalue weighted by atomic mass is 10.2. The summed E-state index contributed by atoms with van der Waals surface area (Å²) >= 11 is 0. The zero-order chi connectivity index (χ0) is 9.19. The first-order valence-corrected chi connectivity index (χ1v) is 3.78. The lowest BCUT2D eigenvalue weighted by Gasteiger charge is -2.29. The largest absolute Gasteiger partial charge is 0.387 e.